The van der Waals surface area contributed by atoms with E-state index in [2.05, 4.69) is 6.92 Å². The molecular formula is C13H19NO2. The minimum atomic E-state index is -0.250. The summed E-state index contributed by atoms with van der Waals surface area (Å²) in [5.41, 5.74) is 1.57. The molecule has 0 amide bonds. The molecule has 0 fully saturated rings. The van der Waals surface area contributed by atoms with Crippen molar-refractivity contribution in [2.45, 2.75) is 40.2 Å². The Bertz CT molecular complexity index is 482. The maximum Gasteiger partial charge on any atom is 0.419 e. The van der Waals surface area contributed by atoms with Gasteiger partial charge in [-0.1, -0.05) is 39.3 Å². The predicted octanol–water partition coefficient (Wildman–Crippen LogP) is 3.42. The standard InChI is InChI=1S/C11H13NO2.C2H6/c1-2-3-8-12-9-6-4-5-7-10(9)14-11(12)13;1-2/h4-7H,2-3,8H2,1H3;1-2H3. The Labute approximate surface area is 95.7 Å². The maximum absolute atomic E-state index is 11.4. The van der Waals surface area contributed by atoms with E-state index in [-0.39, 0.29) is 5.76 Å². The maximum atomic E-state index is 11.4. The van der Waals surface area contributed by atoms with Gasteiger partial charge in [-0.25, -0.2) is 4.79 Å². The highest BCUT2D eigenvalue weighted by atomic mass is 16.4. The lowest BCUT2D eigenvalue weighted by Crippen LogP contribution is -2.13. The van der Waals surface area contributed by atoms with Crippen LogP contribution in [0.3, 0.4) is 0 Å². The first-order valence-electron chi connectivity index (χ1n) is 5.91. The normalized spacial score (nSPS) is 9.94. The number of benzene rings is 1. The third-order valence-corrected chi connectivity index (χ3v) is 2.31. The predicted molar refractivity (Wildman–Crippen MR) is 66.7 cm³/mol. The molecule has 0 bridgehead atoms. The number of hydrogen-bond acceptors (Lipinski definition) is 2. The summed E-state index contributed by atoms with van der Waals surface area (Å²) in [5.74, 6) is -0.250. The summed E-state index contributed by atoms with van der Waals surface area (Å²) in [6.07, 6.45) is 2.08. The number of aryl methyl sites for hydroxylation is 1. The lowest BCUT2D eigenvalue weighted by Gasteiger charge is -1.98. The molecule has 0 aliphatic rings. The van der Waals surface area contributed by atoms with Crippen molar-refractivity contribution in [1.29, 1.82) is 0 Å². The molecule has 0 unspecified atom stereocenters. The van der Waals surface area contributed by atoms with Crippen molar-refractivity contribution in [3.8, 4) is 0 Å². The molecule has 2 rings (SSSR count). The van der Waals surface area contributed by atoms with Gasteiger partial charge in [0.15, 0.2) is 5.58 Å². The topological polar surface area (TPSA) is 35.1 Å². The lowest BCUT2D eigenvalue weighted by atomic mass is 10.3. The van der Waals surface area contributed by atoms with Gasteiger partial charge in [-0.2, -0.15) is 0 Å². The van der Waals surface area contributed by atoms with E-state index in [9.17, 15) is 4.79 Å². The van der Waals surface area contributed by atoms with E-state index in [4.69, 9.17) is 4.42 Å². The second kappa shape index (κ2) is 6.16. The highest BCUT2D eigenvalue weighted by Gasteiger charge is 2.06. The Morgan fingerprint density at radius 1 is 1.25 bits per heavy atom. The Hall–Kier alpha value is -1.51. The first-order valence-corrected chi connectivity index (χ1v) is 5.91. The Kier molecular flexibility index (Phi) is 4.83. The van der Waals surface area contributed by atoms with Crippen LogP contribution < -0.4 is 5.76 Å². The number of oxazole rings is 1. The monoisotopic (exact) mass is 221 g/mol. The van der Waals surface area contributed by atoms with Gasteiger partial charge < -0.3 is 4.42 Å². The number of nitrogens with zero attached hydrogens (tertiary/aromatic N) is 1. The fourth-order valence-corrected chi connectivity index (χ4v) is 1.54. The van der Waals surface area contributed by atoms with E-state index < -0.39 is 0 Å². The van der Waals surface area contributed by atoms with Crippen LogP contribution in [0.2, 0.25) is 0 Å². The molecule has 0 aliphatic carbocycles. The third kappa shape index (κ3) is 2.54. The fraction of sp³-hybridized carbons (Fsp3) is 0.462. The smallest absolute Gasteiger partial charge is 0.408 e. The van der Waals surface area contributed by atoms with Gasteiger partial charge in [-0.3, -0.25) is 4.57 Å². The van der Waals surface area contributed by atoms with E-state index in [1.54, 1.807) is 4.57 Å². The van der Waals surface area contributed by atoms with Gasteiger partial charge in [-0.15, -0.1) is 0 Å². The number of aromatic nitrogens is 1. The van der Waals surface area contributed by atoms with E-state index in [1.807, 2.05) is 38.1 Å². The van der Waals surface area contributed by atoms with Crippen molar-refractivity contribution in [2.75, 3.05) is 0 Å². The van der Waals surface area contributed by atoms with Crippen LogP contribution >= 0.6 is 0 Å². The number of fused-ring (bicyclic) bond motifs is 1. The summed E-state index contributed by atoms with van der Waals surface area (Å²) in [7, 11) is 0. The molecule has 3 nitrogen and oxygen atoms in total. The van der Waals surface area contributed by atoms with Crippen LogP contribution in [0.1, 0.15) is 33.6 Å². The van der Waals surface area contributed by atoms with E-state index in [1.165, 1.54) is 0 Å². The molecule has 1 aromatic carbocycles. The zero-order chi connectivity index (χ0) is 12.0. The van der Waals surface area contributed by atoms with Crippen LogP contribution in [0.15, 0.2) is 33.5 Å². The van der Waals surface area contributed by atoms with Gasteiger partial charge in [0.2, 0.25) is 0 Å². The summed E-state index contributed by atoms with van der Waals surface area (Å²) in [6.45, 7) is 6.85. The summed E-state index contributed by atoms with van der Waals surface area (Å²) >= 11 is 0. The van der Waals surface area contributed by atoms with Crippen molar-refractivity contribution in [2.24, 2.45) is 0 Å². The molecule has 88 valence electrons. The van der Waals surface area contributed by atoms with Crippen molar-refractivity contribution >= 4 is 11.1 Å². The Morgan fingerprint density at radius 3 is 2.62 bits per heavy atom. The molecular weight excluding hydrogens is 202 g/mol. The molecule has 2 aromatic rings. The average molecular weight is 221 g/mol. The van der Waals surface area contributed by atoms with Crippen molar-refractivity contribution in [3.05, 3.63) is 34.8 Å². The molecule has 1 heterocycles. The zero-order valence-electron chi connectivity index (χ0n) is 10.2. The number of rotatable bonds is 3. The quantitative estimate of drug-likeness (QED) is 0.796. The molecule has 0 radical (unpaired) electrons. The highest BCUT2D eigenvalue weighted by Crippen LogP contribution is 2.12. The van der Waals surface area contributed by atoms with Crippen LogP contribution in [0.25, 0.3) is 11.1 Å². The second-order valence-electron chi connectivity index (χ2n) is 3.34. The Morgan fingerprint density at radius 2 is 1.94 bits per heavy atom. The minimum Gasteiger partial charge on any atom is -0.408 e. The van der Waals surface area contributed by atoms with E-state index in [0.717, 1.165) is 24.9 Å². The highest BCUT2D eigenvalue weighted by molar-refractivity contribution is 5.72. The van der Waals surface area contributed by atoms with Gasteiger partial charge in [0.25, 0.3) is 0 Å². The summed E-state index contributed by atoms with van der Waals surface area (Å²) in [6, 6.07) is 7.52. The first kappa shape index (κ1) is 12.6. The molecule has 3 heteroatoms. The number of unbranched alkanes of at least 4 members (excludes halogenated alkanes) is 1. The molecule has 0 N–H and O–H groups in total. The SMILES string of the molecule is CC.CCCCn1c(=O)oc2ccccc21. The lowest BCUT2D eigenvalue weighted by molar-refractivity contribution is 0.496. The average Bonchev–Trinajstić information content (AvgIpc) is 2.65. The molecule has 0 saturated heterocycles. The molecule has 0 saturated carbocycles. The van der Waals surface area contributed by atoms with Crippen LogP contribution in [-0.4, -0.2) is 4.57 Å². The zero-order valence-corrected chi connectivity index (χ0v) is 10.2. The summed E-state index contributed by atoms with van der Waals surface area (Å²) in [5, 5.41) is 0. The molecule has 0 aliphatic heterocycles. The first-order chi connectivity index (χ1) is 7.83. The third-order valence-electron chi connectivity index (χ3n) is 2.31. The van der Waals surface area contributed by atoms with Crippen molar-refractivity contribution in [1.82, 2.24) is 4.57 Å². The van der Waals surface area contributed by atoms with E-state index in [0.29, 0.717) is 5.58 Å². The summed E-state index contributed by atoms with van der Waals surface area (Å²) in [4.78, 5) is 11.4. The van der Waals surface area contributed by atoms with Gasteiger partial charge in [0, 0.05) is 6.54 Å². The van der Waals surface area contributed by atoms with Gasteiger partial charge in [0.05, 0.1) is 5.52 Å². The largest absolute Gasteiger partial charge is 0.419 e. The molecule has 1 aromatic heterocycles. The van der Waals surface area contributed by atoms with Crippen LogP contribution in [0.4, 0.5) is 0 Å². The molecule has 0 atom stereocenters. The Balaban J connectivity index is 0.000000606. The van der Waals surface area contributed by atoms with Crippen LogP contribution in [-0.2, 0) is 6.54 Å². The van der Waals surface area contributed by atoms with Gasteiger partial charge >= 0.3 is 5.76 Å². The molecule has 0 spiro atoms. The van der Waals surface area contributed by atoms with Gasteiger partial charge in [0.1, 0.15) is 0 Å². The number of para-hydroxylation sites is 2. The summed E-state index contributed by atoms with van der Waals surface area (Å²) < 4.78 is 6.80. The molecule has 16 heavy (non-hydrogen) atoms. The second-order valence-corrected chi connectivity index (χ2v) is 3.34. The van der Waals surface area contributed by atoms with E-state index >= 15 is 0 Å². The van der Waals surface area contributed by atoms with Gasteiger partial charge in [-0.05, 0) is 18.6 Å². The minimum absolute atomic E-state index is 0.250. The van der Waals surface area contributed by atoms with Crippen LogP contribution in [0, 0.1) is 0 Å². The van der Waals surface area contributed by atoms with Crippen LogP contribution in [0.5, 0.6) is 0 Å². The fourth-order valence-electron chi connectivity index (χ4n) is 1.54. The van der Waals surface area contributed by atoms with Crippen molar-refractivity contribution < 1.29 is 4.42 Å². The van der Waals surface area contributed by atoms with Crippen molar-refractivity contribution in [3.63, 3.8) is 0 Å². The number of hydrogen-bond donors (Lipinski definition) is 0.